The SMILES string of the molecule is COC(=O)C1C2CC[C@H](C[C@@H]1C1CCC(C)CC1)N2C. The third kappa shape index (κ3) is 2.38. The van der Waals surface area contributed by atoms with Gasteiger partial charge in [0.25, 0.3) is 0 Å². The van der Waals surface area contributed by atoms with Gasteiger partial charge in [-0.3, -0.25) is 9.69 Å². The zero-order chi connectivity index (χ0) is 14.3. The summed E-state index contributed by atoms with van der Waals surface area (Å²) < 4.78 is 5.17. The maximum atomic E-state index is 12.4. The van der Waals surface area contributed by atoms with Crippen LogP contribution in [0.3, 0.4) is 0 Å². The van der Waals surface area contributed by atoms with E-state index in [9.17, 15) is 4.79 Å². The Labute approximate surface area is 123 Å². The predicted molar refractivity (Wildman–Crippen MR) is 79.3 cm³/mol. The van der Waals surface area contributed by atoms with Crippen LogP contribution in [0.5, 0.6) is 0 Å². The first-order valence-electron chi connectivity index (χ1n) is 8.41. The number of hydrogen-bond donors (Lipinski definition) is 0. The van der Waals surface area contributed by atoms with Crippen LogP contribution in [0.15, 0.2) is 0 Å². The van der Waals surface area contributed by atoms with E-state index in [-0.39, 0.29) is 11.9 Å². The van der Waals surface area contributed by atoms with Crippen molar-refractivity contribution < 1.29 is 9.53 Å². The Kier molecular flexibility index (Phi) is 4.07. The highest BCUT2D eigenvalue weighted by Gasteiger charge is 2.51. The van der Waals surface area contributed by atoms with Gasteiger partial charge >= 0.3 is 5.97 Å². The summed E-state index contributed by atoms with van der Waals surface area (Å²) in [6.07, 6.45) is 9.01. The Morgan fingerprint density at radius 1 is 1.10 bits per heavy atom. The third-order valence-corrected chi connectivity index (χ3v) is 6.45. The normalized spacial score (nSPS) is 45.4. The van der Waals surface area contributed by atoms with Gasteiger partial charge in [-0.2, -0.15) is 0 Å². The Bertz CT molecular complexity index is 362. The van der Waals surface area contributed by atoms with E-state index in [0.29, 0.717) is 18.0 Å². The molecule has 3 aliphatic rings. The van der Waals surface area contributed by atoms with E-state index in [1.807, 2.05) is 0 Å². The van der Waals surface area contributed by atoms with Crippen molar-refractivity contribution in [3.05, 3.63) is 0 Å². The Morgan fingerprint density at radius 3 is 2.45 bits per heavy atom. The zero-order valence-corrected chi connectivity index (χ0v) is 13.2. The molecule has 2 bridgehead atoms. The molecule has 4 atom stereocenters. The molecular weight excluding hydrogens is 250 g/mol. The van der Waals surface area contributed by atoms with Crippen LogP contribution in [-0.4, -0.2) is 37.1 Å². The van der Waals surface area contributed by atoms with Crippen molar-refractivity contribution >= 4 is 5.97 Å². The van der Waals surface area contributed by atoms with Crippen LogP contribution in [0.2, 0.25) is 0 Å². The Hall–Kier alpha value is -0.570. The quantitative estimate of drug-likeness (QED) is 0.728. The maximum Gasteiger partial charge on any atom is 0.310 e. The number of piperidine rings is 1. The molecule has 0 aromatic carbocycles. The molecule has 0 aromatic heterocycles. The first-order valence-corrected chi connectivity index (χ1v) is 8.41. The van der Waals surface area contributed by atoms with Crippen LogP contribution in [0.25, 0.3) is 0 Å². The van der Waals surface area contributed by atoms with Gasteiger partial charge in [-0.25, -0.2) is 0 Å². The van der Waals surface area contributed by atoms with Crippen LogP contribution in [0, 0.1) is 23.7 Å². The summed E-state index contributed by atoms with van der Waals surface area (Å²) in [7, 11) is 3.76. The van der Waals surface area contributed by atoms with E-state index in [4.69, 9.17) is 4.74 Å². The van der Waals surface area contributed by atoms with E-state index in [1.54, 1.807) is 7.11 Å². The van der Waals surface area contributed by atoms with Gasteiger partial charge in [0, 0.05) is 12.1 Å². The molecule has 3 fully saturated rings. The van der Waals surface area contributed by atoms with Crippen LogP contribution in [-0.2, 0) is 9.53 Å². The molecule has 20 heavy (non-hydrogen) atoms. The number of esters is 1. The number of rotatable bonds is 2. The lowest BCUT2D eigenvalue weighted by Crippen LogP contribution is -2.52. The van der Waals surface area contributed by atoms with E-state index < -0.39 is 0 Å². The van der Waals surface area contributed by atoms with E-state index >= 15 is 0 Å². The standard InChI is InChI=1S/C17H29NO2/c1-11-4-6-12(7-5-11)14-10-13-8-9-15(18(13)2)16(14)17(19)20-3/h11-16H,4-10H2,1-3H3/t11?,12?,13-,14-,15?,16?/m1/s1. The van der Waals surface area contributed by atoms with E-state index in [0.717, 1.165) is 11.8 Å². The van der Waals surface area contributed by atoms with Crippen molar-refractivity contribution in [3.63, 3.8) is 0 Å². The Balaban J connectivity index is 1.79. The summed E-state index contributed by atoms with van der Waals surface area (Å²) in [5.74, 6) is 2.38. The largest absolute Gasteiger partial charge is 0.469 e. The van der Waals surface area contributed by atoms with Crippen molar-refractivity contribution in [3.8, 4) is 0 Å². The molecule has 1 saturated carbocycles. The molecule has 3 rings (SSSR count). The van der Waals surface area contributed by atoms with E-state index in [2.05, 4.69) is 18.9 Å². The molecule has 3 heteroatoms. The number of carbonyl (C=O) groups is 1. The lowest BCUT2D eigenvalue weighted by molar-refractivity contribution is -0.154. The molecule has 1 aliphatic carbocycles. The second kappa shape index (κ2) is 5.67. The average molecular weight is 279 g/mol. The first kappa shape index (κ1) is 14.4. The highest BCUT2D eigenvalue weighted by Crippen LogP contribution is 2.48. The minimum Gasteiger partial charge on any atom is -0.469 e. The van der Waals surface area contributed by atoms with Gasteiger partial charge in [-0.1, -0.05) is 19.8 Å². The molecule has 0 aromatic rings. The number of ether oxygens (including phenoxy) is 1. The summed E-state index contributed by atoms with van der Waals surface area (Å²) in [6, 6.07) is 1.15. The van der Waals surface area contributed by atoms with Crippen LogP contribution in [0.1, 0.15) is 51.9 Å². The van der Waals surface area contributed by atoms with Crippen molar-refractivity contribution in [1.82, 2.24) is 4.90 Å². The second-order valence-corrected chi connectivity index (χ2v) is 7.43. The van der Waals surface area contributed by atoms with E-state index in [1.165, 1.54) is 44.9 Å². The van der Waals surface area contributed by atoms with Crippen LogP contribution >= 0.6 is 0 Å². The lowest BCUT2D eigenvalue weighted by Gasteiger charge is -2.46. The molecule has 0 radical (unpaired) electrons. The smallest absolute Gasteiger partial charge is 0.310 e. The average Bonchev–Trinajstić information content (AvgIpc) is 2.70. The minimum atomic E-state index is 0.0471. The third-order valence-electron chi connectivity index (χ3n) is 6.45. The summed E-state index contributed by atoms with van der Waals surface area (Å²) in [6.45, 7) is 2.37. The van der Waals surface area contributed by atoms with Gasteiger partial charge in [0.2, 0.25) is 0 Å². The highest BCUT2D eigenvalue weighted by molar-refractivity contribution is 5.74. The number of carbonyl (C=O) groups excluding carboxylic acids is 1. The molecule has 114 valence electrons. The summed E-state index contributed by atoms with van der Waals surface area (Å²) in [5, 5.41) is 0. The molecule has 3 nitrogen and oxygen atoms in total. The molecule has 0 amide bonds. The van der Waals surface area contributed by atoms with Crippen LogP contribution < -0.4 is 0 Å². The van der Waals surface area contributed by atoms with Gasteiger partial charge in [0.05, 0.1) is 13.0 Å². The fourth-order valence-electron chi connectivity index (χ4n) is 5.17. The van der Waals surface area contributed by atoms with Gasteiger partial charge in [-0.05, 0) is 56.9 Å². The number of hydrogen-bond acceptors (Lipinski definition) is 3. The summed E-state index contributed by atoms with van der Waals surface area (Å²) >= 11 is 0. The monoisotopic (exact) mass is 279 g/mol. The topological polar surface area (TPSA) is 29.5 Å². The predicted octanol–water partition coefficient (Wildman–Crippen LogP) is 3.08. The lowest BCUT2D eigenvalue weighted by atomic mass is 9.67. The van der Waals surface area contributed by atoms with Gasteiger partial charge in [-0.15, -0.1) is 0 Å². The molecule has 2 saturated heterocycles. The number of nitrogens with zero attached hydrogens (tertiary/aromatic N) is 1. The van der Waals surface area contributed by atoms with Crippen molar-refractivity contribution in [2.75, 3.05) is 14.2 Å². The molecule has 2 aliphatic heterocycles. The second-order valence-electron chi connectivity index (χ2n) is 7.43. The van der Waals surface area contributed by atoms with Crippen LogP contribution in [0.4, 0.5) is 0 Å². The highest BCUT2D eigenvalue weighted by atomic mass is 16.5. The van der Waals surface area contributed by atoms with Crippen molar-refractivity contribution in [2.24, 2.45) is 23.7 Å². The van der Waals surface area contributed by atoms with Crippen molar-refractivity contribution in [2.45, 2.75) is 64.0 Å². The van der Waals surface area contributed by atoms with Gasteiger partial charge < -0.3 is 4.74 Å². The van der Waals surface area contributed by atoms with Gasteiger partial charge in [0.15, 0.2) is 0 Å². The Morgan fingerprint density at radius 2 is 1.80 bits per heavy atom. The fraction of sp³-hybridized carbons (Fsp3) is 0.941. The van der Waals surface area contributed by atoms with Gasteiger partial charge in [0.1, 0.15) is 0 Å². The zero-order valence-electron chi connectivity index (χ0n) is 13.2. The summed E-state index contributed by atoms with van der Waals surface area (Å²) in [4.78, 5) is 14.8. The number of methoxy groups -OCH3 is 1. The molecule has 2 heterocycles. The first-order chi connectivity index (χ1) is 9.61. The van der Waals surface area contributed by atoms with Crippen molar-refractivity contribution in [1.29, 1.82) is 0 Å². The fourth-order valence-corrected chi connectivity index (χ4v) is 5.17. The molecule has 0 N–H and O–H groups in total. The molecular formula is C17H29NO2. The number of fused-ring (bicyclic) bond motifs is 2. The molecule has 2 unspecified atom stereocenters. The molecule has 0 spiro atoms. The maximum absolute atomic E-state index is 12.4. The summed E-state index contributed by atoms with van der Waals surface area (Å²) in [5.41, 5.74) is 0. The minimum absolute atomic E-state index is 0.0471.